The van der Waals surface area contributed by atoms with Crippen molar-refractivity contribution in [2.75, 3.05) is 0 Å². The molecule has 1 fully saturated rings. The van der Waals surface area contributed by atoms with Gasteiger partial charge < -0.3 is 0 Å². The third-order valence-electron chi connectivity index (χ3n) is 4.19. The molecule has 2 aromatic rings. The minimum atomic E-state index is 0.763. The summed E-state index contributed by atoms with van der Waals surface area (Å²) in [6.07, 6.45) is 9.16. The maximum atomic E-state index is 2.44. The van der Waals surface area contributed by atoms with Gasteiger partial charge in [-0.05, 0) is 12.8 Å². The Labute approximate surface area is 115 Å². The lowest BCUT2D eigenvalue weighted by molar-refractivity contribution is -0.697. The van der Waals surface area contributed by atoms with E-state index in [-0.39, 0.29) is 0 Å². The van der Waals surface area contributed by atoms with E-state index in [1.165, 1.54) is 43.4 Å². The largest absolute Gasteiger partial charge is 0.198 e. The molecule has 0 atom stereocenters. The van der Waals surface area contributed by atoms with E-state index in [2.05, 4.69) is 59.3 Å². The van der Waals surface area contributed by atoms with E-state index >= 15 is 0 Å². The molecule has 1 aromatic heterocycles. The van der Waals surface area contributed by atoms with Gasteiger partial charge in [-0.15, -0.1) is 0 Å². The number of aromatic nitrogens is 1. The van der Waals surface area contributed by atoms with Gasteiger partial charge in [0.2, 0.25) is 0 Å². The lowest BCUT2D eigenvalue weighted by atomic mass is 9.86. The number of nitrogens with zero attached hydrogens (tertiary/aromatic N) is 1. The highest BCUT2D eigenvalue weighted by molar-refractivity contribution is 5.14. The molecule has 0 bridgehead atoms. The van der Waals surface area contributed by atoms with Crippen LogP contribution in [0.4, 0.5) is 0 Å². The van der Waals surface area contributed by atoms with Gasteiger partial charge >= 0.3 is 0 Å². The first kappa shape index (κ1) is 12.4. The molecule has 98 valence electrons. The Morgan fingerprint density at radius 1 is 0.842 bits per heavy atom. The first-order valence-corrected chi connectivity index (χ1v) is 7.46. The van der Waals surface area contributed by atoms with Gasteiger partial charge in [0.1, 0.15) is 0 Å². The van der Waals surface area contributed by atoms with Gasteiger partial charge in [0.15, 0.2) is 18.4 Å². The van der Waals surface area contributed by atoms with Crippen LogP contribution < -0.4 is 4.57 Å². The summed E-state index contributed by atoms with van der Waals surface area (Å²) < 4.78 is 2.44. The Balaban J connectivity index is 1.84. The van der Waals surface area contributed by atoms with Crippen molar-refractivity contribution in [3.8, 4) is 0 Å². The highest BCUT2D eigenvalue weighted by Crippen LogP contribution is 2.30. The number of hydrogen-bond acceptors (Lipinski definition) is 0. The van der Waals surface area contributed by atoms with Gasteiger partial charge in [-0.3, -0.25) is 0 Å². The SMILES string of the molecule is c1ccc(C[n+]2ccccc2C2CCCCC2)cc1. The van der Waals surface area contributed by atoms with Gasteiger partial charge in [0.25, 0.3) is 0 Å². The number of rotatable bonds is 3. The molecule has 0 radical (unpaired) electrons. The van der Waals surface area contributed by atoms with Gasteiger partial charge in [-0.2, -0.15) is 4.57 Å². The summed E-state index contributed by atoms with van der Waals surface area (Å²) in [5.74, 6) is 0.763. The van der Waals surface area contributed by atoms with Crippen molar-refractivity contribution in [3.05, 3.63) is 66.0 Å². The van der Waals surface area contributed by atoms with Crippen LogP contribution in [-0.4, -0.2) is 0 Å². The van der Waals surface area contributed by atoms with Gasteiger partial charge in [0.05, 0.1) is 0 Å². The zero-order valence-electron chi connectivity index (χ0n) is 11.5. The molecule has 1 nitrogen and oxygen atoms in total. The van der Waals surface area contributed by atoms with Crippen molar-refractivity contribution in [3.63, 3.8) is 0 Å². The topological polar surface area (TPSA) is 3.88 Å². The molecule has 1 heteroatoms. The van der Waals surface area contributed by atoms with E-state index in [0.29, 0.717) is 0 Å². The van der Waals surface area contributed by atoms with Crippen LogP contribution in [-0.2, 0) is 6.54 Å². The average Bonchev–Trinajstić information content (AvgIpc) is 2.50. The number of benzene rings is 1. The molecule has 1 saturated carbocycles. The zero-order chi connectivity index (χ0) is 12.9. The fraction of sp³-hybridized carbons (Fsp3) is 0.389. The van der Waals surface area contributed by atoms with Gasteiger partial charge in [-0.1, -0.05) is 55.7 Å². The molecule has 1 aliphatic rings. The van der Waals surface area contributed by atoms with Crippen molar-refractivity contribution >= 4 is 0 Å². The summed E-state index contributed by atoms with van der Waals surface area (Å²) in [4.78, 5) is 0. The third kappa shape index (κ3) is 3.04. The number of pyridine rings is 1. The van der Waals surface area contributed by atoms with Crippen LogP contribution >= 0.6 is 0 Å². The Kier molecular flexibility index (Phi) is 3.92. The minimum absolute atomic E-state index is 0.763. The second-order valence-corrected chi connectivity index (χ2v) is 5.57. The molecule has 1 aliphatic carbocycles. The molecule has 0 aliphatic heterocycles. The lowest BCUT2D eigenvalue weighted by Crippen LogP contribution is -2.40. The van der Waals surface area contributed by atoms with Crippen LogP contribution in [0.3, 0.4) is 0 Å². The predicted octanol–water partition coefficient (Wildman–Crippen LogP) is 4.07. The molecule has 1 heterocycles. The molecule has 3 rings (SSSR count). The molecular formula is C18H22N+. The van der Waals surface area contributed by atoms with Crippen LogP contribution in [0.25, 0.3) is 0 Å². The highest BCUT2D eigenvalue weighted by Gasteiger charge is 2.23. The molecule has 0 amide bonds. The summed E-state index contributed by atoms with van der Waals surface area (Å²) in [6.45, 7) is 0.994. The molecule has 1 aromatic carbocycles. The van der Waals surface area contributed by atoms with E-state index in [4.69, 9.17) is 0 Å². The molecule has 0 N–H and O–H groups in total. The second-order valence-electron chi connectivity index (χ2n) is 5.57. The van der Waals surface area contributed by atoms with E-state index in [1.54, 1.807) is 0 Å². The summed E-state index contributed by atoms with van der Waals surface area (Å²) >= 11 is 0. The van der Waals surface area contributed by atoms with Crippen molar-refractivity contribution < 1.29 is 4.57 Å². The fourth-order valence-electron chi connectivity index (χ4n) is 3.18. The van der Waals surface area contributed by atoms with E-state index in [9.17, 15) is 0 Å². The van der Waals surface area contributed by atoms with Crippen molar-refractivity contribution in [1.82, 2.24) is 0 Å². The molecule has 0 unspecified atom stereocenters. The summed E-state index contributed by atoms with van der Waals surface area (Å²) in [6, 6.07) is 17.4. The van der Waals surface area contributed by atoms with Crippen LogP contribution in [0.2, 0.25) is 0 Å². The van der Waals surface area contributed by atoms with Crippen LogP contribution in [0.5, 0.6) is 0 Å². The quantitative estimate of drug-likeness (QED) is 0.725. The lowest BCUT2D eigenvalue weighted by Gasteiger charge is -2.20. The monoisotopic (exact) mass is 252 g/mol. The predicted molar refractivity (Wildman–Crippen MR) is 78.0 cm³/mol. The summed E-state index contributed by atoms with van der Waals surface area (Å²) in [5, 5.41) is 0. The van der Waals surface area contributed by atoms with Gasteiger partial charge in [0, 0.05) is 23.6 Å². The summed E-state index contributed by atoms with van der Waals surface area (Å²) in [7, 11) is 0. The second kappa shape index (κ2) is 6.01. The smallest absolute Gasteiger partial charge is 0.184 e. The molecule has 0 spiro atoms. The minimum Gasteiger partial charge on any atom is -0.198 e. The Morgan fingerprint density at radius 2 is 1.58 bits per heavy atom. The van der Waals surface area contributed by atoms with Crippen LogP contribution in [0.1, 0.15) is 49.3 Å². The highest BCUT2D eigenvalue weighted by atomic mass is 15.0. The Hall–Kier alpha value is -1.63. The van der Waals surface area contributed by atoms with E-state index in [1.807, 2.05) is 0 Å². The first-order chi connectivity index (χ1) is 9.43. The Morgan fingerprint density at radius 3 is 2.37 bits per heavy atom. The molecule has 0 saturated heterocycles. The van der Waals surface area contributed by atoms with Gasteiger partial charge in [-0.25, -0.2) is 0 Å². The van der Waals surface area contributed by atoms with Crippen LogP contribution in [0.15, 0.2) is 54.7 Å². The third-order valence-corrected chi connectivity index (χ3v) is 4.19. The first-order valence-electron chi connectivity index (χ1n) is 7.46. The van der Waals surface area contributed by atoms with E-state index < -0.39 is 0 Å². The average molecular weight is 252 g/mol. The molecular weight excluding hydrogens is 230 g/mol. The van der Waals surface area contributed by atoms with Crippen molar-refractivity contribution in [1.29, 1.82) is 0 Å². The maximum Gasteiger partial charge on any atom is 0.184 e. The Bertz CT molecular complexity index is 512. The van der Waals surface area contributed by atoms with Crippen LogP contribution in [0, 0.1) is 0 Å². The summed E-state index contributed by atoms with van der Waals surface area (Å²) in [5.41, 5.74) is 2.90. The zero-order valence-corrected chi connectivity index (χ0v) is 11.5. The normalized spacial score (nSPS) is 16.4. The fourth-order valence-corrected chi connectivity index (χ4v) is 3.18. The standard InChI is InChI=1S/C18H22N/c1-3-9-16(10-4-1)15-19-14-8-7-13-18(19)17-11-5-2-6-12-17/h1,3-4,7-10,13-14,17H,2,5-6,11-12,15H2/q+1. The number of hydrogen-bond donors (Lipinski definition) is 0. The van der Waals surface area contributed by atoms with Crippen molar-refractivity contribution in [2.45, 2.75) is 44.6 Å². The van der Waals surface area contributed by atoms with E-state index in [0.717, 1.165) is 12.5 Å². The maximum absolute atomic E-state index is 2.44. The van der Waals surface area contributed by atoms with Crippen molar-refractivity contribution in [2.24, 2.45) is 0 Å². The molecule has 19 heavy (non-hydrogen) atoms.